The van der Waals surface area contributed by atoms with E-state index in [1.54, 1.807) is 0 Å². The maximum atomic E-state index is 5.43. The minimum Gasteiger partial charge on any atom is -0.486 e. The number of para-hydroxylation sites is 1. The Morgan fingerprint density at radius 1 is 1.36 bits per heavy atom. The Bertz CT molecular complexity index is 358. The summed E-state index contributed by atoms with van der Waals surface area (Å²) >= 11 is 0. The molecule has 3 nitrogen and oxygen atoms in total. The van der Waals surface area contributed by atoms with Crippen molar-refractivity contribution >= 4 is 5.71 Å². The van der Waals surface area contributed by atoms with E-state index in [1.165, 1.54) is 0 Å². The molecule has 0 radical (unpaired) electrons. The van der Waals surface area contributed by atoms with Gasteiger partial charge in [0, 0.05) is 5.56 Å². The van der Waals surface area contributed by atoms with Crippen LogP contribution in [0.2, 0.25) is 0 Å². The summed E-state index contributed by atoms with van der Waals surface area (Å²) in [6, 6.07) is 7.85. The number of nitrogens with zero attached hydrogens (tertiary/aromatic N) is 1. The van der Waals surface area contributed by atoms with Crippen LogP contribution in [0.1, 0.15) is 19.4 Å². The number of hydrogen-bond acceptors (Lipinski definition) is 3. The van der Waals surface area contributed by atoms with Crippen molar-refractivity contribution in [3.8, 4) is 5.75 Å². The van der Waals surface area contributed by atoms with Crippen LogP contribution >= 0.6 is 0 Å². The van der Waals surface area contributed by atoms with E-state index in [1.807, 2.05) is 38.1 Å². The summed E-state index contributed by atoms with van der Waals surface area (Å²) < 4.78 is 5.43. The van der Waals surface area contributed by atoms with E-state index in [0.29, 0.717) is 6.61 Å². The molecule has 74 valence electrons. The molecule has 0 fully saturated rings. The molecular weight excluding hydrogens is 178 g/mol. The van der Waals surface area contributed by atoms with Crippen LogP contribution in [0.25, 0.3) is 0 Å². The molecule has 0 amide bonds. The molecule has 0 spiro atoms. The molecule has 14 heavy (non-hydrogen) atoms. The van der Waals surface area contributed by atoms with Gasteiger partial charge in [0.2, 0.25) is 0 Å². The van der Waals surface area contributed by atoms with Crippen molar-refractivity contribution in [3.05, 3.63) is 29.8 Å². The van der Waals surface area contributed by atoms with Crippen molar-refractivity contribution in [1.82, 2.24) is 0 Å². The lowest BCUT2D eigenvalue weighted by molar-refractivity contribution is 0.0854. The first kappa shape index (κ1) is 9.06. The monoisotopic (exact) mass is 191 g/mol. The van der Waals surface area contributed by atoms with Gasteiger partial charge in [-0.3, -0.25) is 0 Å². The number of rotatable bonds is 2. The summed E-state index contributed by atoms with van der Waals surface area (Å²) in [4.78, 5) is 5.19. The lowest BCUT2D eigenvalue weighted by Gasteiger charge is -2.02. The standard InChI is InChI=1S/C11H13NO2/c1-8(2)14-12-10-7-13-11-6-4-3-5-9(10)11/h3-6,8H,7H2,1-2H3/b12-10+. The number of hydrogen-bond donors (Lipinski definition) is 0. The lowest BCUT2D eigenvalue weighted by atomic mass is 10.1. The summed E-state index contributed by atoms with van der Waals surface area (Å²) in [5.41, 5.74) is 1.91. The van der Waals surface area contributed by atoms with Gasteiger partial charge in [-0.2, -0.15) is 0 Å². The summed E-state index contributed by atoms with van der Waals surface area (Å²) in [6.07, 6.45) is 0.107. The van der Waals surface area contributed by atoms with Gasteiger partial charge in [0.25, 0.3) is 0 Å². The second-order valence-electron chi connectivity index (χ2n) is 3.48. The molecule has 0 aliphatic carbocycles. The van der Waals surface area contributed by atoms with Gasteiger partial charge < -0.3 is 9.57 Å². The zero-order valence-corrected chi connectivity index (χ0v) is 8.36. The average Bonchev–Trinajstić information content (AvgIpc) is 2.58. The maximum Gasteiger partial charge on any atom is 0.134 e. The summed E-state index contributed by atoms with van der Waals surface area (Å²) in [5.74, 6) is 0.888. The molecule has 0 N–H and O–H groups in total. The molecule has 1 aliphatic heterocycles. The fourth-order valence-corrected chi connectivity index (χ4v) is 1.30. The molecular formula is C11H13NO2. The highest BCUT2D eigenvalue weighted by Crippen LogP contribution is 2.24. The Morgan fingerprint density at radius 2 is 2.14 bits per heavy atom. The van der Waals surface area contributed by atoms with E-state index in [-0.39, 0.29) is 6.10 Å². The van der Waals surface area contributed by atoms with Gasteiger partial charge in [-0.15, -0.1) is 0 Å². The smallest absolute Gasteiger partial charge is 0.134 e. The fourth-order valence-electron chi connectivity index (χ4n) is 1.30. The van der Waals surface area contributed by atoms with Crippen molar-refractivity contribution in [2.45, 2.75) is 20.0 Å². The summed E-state index contributed by atoms with van der Waals surface area (Å²) in [7, 11) is 0. The van der Waals surface area contributed by atoms with Crippen LogP contribution in [0.4, 0.5) is 0 Å². The second-order valence-corrected chi connectivity index (χ2v) is 3.48. The molecule has 0 aromatic heterocycles. The van der Waals surface area contributed by atoms with Crippen molar-refractivity contribution < 1.29 is 9.57 Å². The first-order valence-electron chi connectivity index (χ1n) is 4.72. The molecule has 0 unspecified atom stereocenters. The Balaban J connectivity index is 2.21. The zero-order valence-electron chi connectivity index (χ0n) is 8.36. The first-order valence-corrected chi connectivity index (χ1v) is 4.72. The van der Waals surface area contributed by atoms with Crippen LogP contribution in [0, 0.1) is 0 Å². The van der Waals surface area contributed by atoms with Gasteiger partial charge >= 0.3 is 0 Å². The van der Waals surface area contributed by atoms with Gasteiger partial charge in [-0.1, -0.05) is 17.3 Å². The van der Waals surface area contributed by atoms with Gasteiger partial charge in [0.1, 0.15) is 24.2 Å². The molecule has 1 aromatic carbocycles. The predicted octanol–water partition coefficient (Wildman–Crippen LogP) is 2.21. The van der Waals surface area contributed by atoms with Crippen LogP contribution in [0.3, 0.4) is 0 Å². The van der Waals surface area contributed by atoms with Crippen molar-refractivity contribution in [2.75, 3.05) is 6.61 Å². The van der Waals surface area contributed by atoms with Crippen LogP contribution in [-0.4, -0.2) is 18.4 Å². The van der Waals surface area contributed by atoms with Crippen molar-refractivity contribution in [2.24, 2.45) is 5.16 Å². The molecule has 3 heteroatoms. The van der Waals surface area contributed by atoms with Crippen LogP contribution < -0.4 is 4.74 Å². The third kappa shape index (κ3) is 1.71. The molecule has 0 saturated heterocycles. The highest BCUT2D eigenvalue weighted by molar-refractivity contribution is 6.05. The summed E-state index contributed by atoms with van der Waals surface area (Å²) in [5, 5.41) is 4.06. The van der Waals surface area contributed by atoms with E-state index < -0.39 is 0 Å². The van der Waals surface area contributed by atoms with Crippen LogP contribution in [-0.2, 0) is 4.84 Å². The highest BCUT2D eigenvalue weighted by Gasteiger charge is 2.18. The normalized spacial score (nSPS) is 16.9. The zero-order chi connectivity index (χ0) is 9.97. The average molecular weight is 191 g/mol. The van der Waals surface area contributed by atoms with E-state index in [9.17, 15) is 0 Å². The van der Waals surface area contributed by atoms with Crippen molar-refractivity contribution in [1.29, 1.82) is 0 Å². The Kier molecular flexibility index (Phi) is 2.39. The molecule has 1 heterocycles. The number of ether oxygens (including phenoxy) is 1. The second kappa shape index (κ2) is 3.70. The Morgan fingerprint density at radius 3 is 2.93 bits per heavy atom. The number of fused-ring (bicyclic) bond motifs is 1. The van der Waals surface area contributed by atoms with E-state index in [2.05, 4.69) is 5.16 Å². The number of oxime groups is 1. The van der Waals surface area contributed by atoms with Gasteiger partial charge in [-0.25, -0.2) is 0 Å². The van der Waals surface area contributed by atoms with E-state index in [0.717, 1.165) is 17.0 Å². The highest BCUT2D eigenvalue weighted by atomic mass is 16.6. The maximum absolute atomic E-state index is 5.43. The molecule has 0 atom stereocenters. The van der Waals surface area contributed by atoms with Gasteiger partial charge in [-0.05, 0) is 26.0 Å². The van der Waals surface area contributed by atoms with Crippen molar-refractivity contribution in [3.63, 3.8) is 0 Å². The molecule has 0 saturated carbocycles. The van der Waals surface area contributed by atoms with Gasteiger partial charge in [0.15, 0.2) is 0 Å². The van der Waals surface area contributed by atoms with Crippen LogP contribution in [0.5, 0.6) is 5.75 Å². The van der Waals surface area contributed by atoms with Gasteiger partial charge in [0.05, 0.1) is 0 Å². The topological polar surface area (TPSA) is 30.8 Å². The van der Waals surface area contributed by atoms with E-state index in [4.69, 9.17) is 9.57 Å². The molecule has 2 rings (SSSR count). The molecule has 1 aliphatic rings. The minimum absolute atomic E-state index is 0.107. The predicted molar refractivity (Wildman–Crippen MR) is 54.7 cm³/mol. The molecule has 1 aromatic rings. The minimum atomic E-state index is 0.107. The lowest BCUT2D eigenvalue weighted by Crippen LogP contribution is -2.06. The summed E-state index contributed by atoms with van der Waals surface area (Å²) in [6.45, 7) is 4.41. The molecule has 0 bridgehead atoms. The van der Waals surface area contributed by atoms with Crippen LogP contribution in [0.15, 0.2) is 29.4 Å². The largest absolute Gasteiger partial charge is 0.486 e. The Labute approximate surface area is 83.3 Å². The fraction of sp³-hybridized carbons (Fsp3) is 0.364. The third-order valence-electron chi connectivity index (χ3n) is 1.94. The van der Waals surface area contributed by atoms with E-state index >= 15 is 0 Å². The number of benzene rings is 1. The first-order chi connectivity index (χ1) is 6.77. The SMILES string of the molecule is CC(C)O/N=C1\COc2ccccc21. The quantitative estimate of drug-likeness (QED) is 0.671. The third-order valence-corrected chi connectivity index (χ3v) is 1.94. The Hall–Kier alpha value is -1.51.